The van der Waals surface area contributed by atoms with Gasteiger partial charge in [0.25, 0.3) is 5.91 Å². The van der Waals surface area contributed by atoms with Crippen molar-refractivity contribution in [2.24, 2.45) is 0 Å². The third-order valence-corrected chi connectivity index (χ3v) is 7.40. The molecule has 0 spiro atoms. The van der Waals surface area contributed by atoms with Crippen LogP contribution in [-0.2, 0) is 23.0 Å². The van der Waals surface area contributed by atoms with E-state index < -0.39 is 10.0 Å². The van der Waals surface area contributed by atoms with Crippen molar-refractivity contribution in [1.29, 1.82) is 0 Å². The van der Waals surface area contributed by atoms with Crippen LogP contribution >= 0.6 is 11.8 Å². The van der Waals surface area contributed by atoms with Gasteiger partial charge >= 0.3 is 0 Å². The summed E-state index contributed by atoms with van der Waals surface area (Å²) in [5.41, 5.74) is 2.68. The van der Waals surface area contributed by atoms with Gasteiger partial charge in [-0.05, 0) is 48.1 Å². The van der Waals surface area contributed by atoms with E-state index >= 15 is 0 Å². The molecular weight excluding hydrogens is 396 g/mol. The summed E-state index contributed by atoms with van der Waals surface area (Å²) in [6.07, 6.45) is 2.56. The smallest absolute Gasteiger partial charge is 0.252 e. The molecule has 0 fully saturated rings. The monoisotopic (exact) mass is 420 g/mol. The number of methoxy groups -OCH3 is 1. The maximum atomic E-state index is 12.7. The van der Waals surface area contributed by atoms with Crippen LogP contribution in [0.15, 0.2) is 47.4 Å². The van der Waals surface area contributed by atoms with E-state index in [-0.39, 0.29) is 18.2 Å². The molecule has 1 aliphatic rings. The van der Waals surface area contributed by atoms with Crippen LogP contribution in [0.5, 0.6) is 5.75 Å². The molecule has 0 saturated heterocycles. The first-order chi connectivity index (χ1) is 13.4. The number of carbonyl (C=O) groups excluding carboxylic acids is 1. The summed E-state index contributed by atoms with van der Waals surface area (Å²) in [5, 5.41) is 2.73. The number of rotatable bonds is 7. The Morgan fingerprint density at radius 2 is 2.00 bits per heavy atom. The van der Waals surface area contributed by atoms with Crippen molar-refractivity contribution in [2.75, 3.05) is 32.2 Å². The van der Waals surface area contributed by atoms with Gasteiger partial charge in [-0.1, -0.05) is 18.2 Å². The summed E-state index contributed by atoms with van der Waals surface area (Å²) < 4.78 is 32.1. The van der Waals surface area contributed by atoms with Gasteiger partial charge in [0, 0.05) is 24.5 Å². The Labute approximate surface area is 170 Å². The summed E-state index contributed by atoms with van der Waals surface area (Å²) in [6.45, 7) is 0.868. The number of thioether (sulfide) groups is 1. The van der Waals surface area contributed by atoms with Crippen LogP contribution in [0.3, 0.4) is 0 Å². The molecule has 0 aliphatic carbocycles. The summed E-state index contributed by atoms with van der Waals surface area (Å²) >= 11 is 1.49. The fourth-order valence-electron chi connectivity index (χ4n) is 3.22. The van der Waals surface area contributed by atoms with Crippen molar-refractivity contribution in [2.45, 2.75) is 17.9 Å². The number of benzene rings is 2. The molecule has 1 N–H and O–H groups in total. The van der Waals surface area contributed by atoms with E-state index in [1.165, 1.54) is 16.1 Å². The van der Waals surface area contributed by atoms with Gasteiger partial charge in [0.05, 0.1) is 18.4 Å². The fourth-order valence-corrected chi connectivity index (χ4v) is 5.14. The standard InChI is InChI=1S/C20H24N2O4S2/c1-26-17-8-7-16-14-22(11-9-15(16)13-17)28(24,25)12-10-21-20(23)18-5-3-4-6-19(18)27-2/h3-8,13H,9-12,14H2,1-2H3,(H,21,23). The van der Waals surface area contributed by atoms with E-state index in [0.29, 0.717) is 25.1 Å². The molecule has 1 heterocycles. The van der Waals surface area contributed by atoms with E-state index in [2.05, 4.69) is 5.32 Å². The Hall–Kier alpha value is -2.03. The minimum absolute atomic E-state index is 0.0792. The Morgan fingerprint density at radius 3 is 2.75 bits per heavy atom. The minimum atomic E-state index is -3.45. The average Bonchev–Trinajstić information content (AvgIpc) is 2.72. The van der Waals surface area contributed by atoms with Gasteiger partial charge in [0.15, 0.2) is 0 Å². The highest BCUT2D eigenvalue weighted by molar-refractivity contribution is 7.98. The molecule has 2 aromatic carbocycles. The Kier molecular flexibility index (Phi) is 6.64. The Balaban J connectivity index is 1.59. The highest BCUT2D eigenvalue weighted by atomic mass is 32.2. The zero-order valence-corrected chi connectivity index (χ0v) is 17.6. The molecule has 0 aromatic heterocycles. The first-order valence-electron chi connectivity index (χ1n) is 8.99. The highest BCUT2D eigenvalue weighted by Gasteiger charge is 2.27. The molecule has 0 unspecified atom stereocenters. The van der Waals surface area contributed by atoms with Crippen LogP contribution < -0.4 is 10.1 Å². The van der Waals surface area contributed by atoms with Crippen LogP contribution in [0.1, 0.15) is 21.5 Å². The number of fused-ring (bicyclic) bond motifs is 1. The van der Waals surface area contributed by atoms with Crippen LogP contribution in [0.4, 0.5) is 0 Å². The molecule has 6 nitrogen and oxygen atoms in total. The van der Waals surface area contributed by atoms with Crippen molar-refractivity contribution < 1.29 is 17.9 Å². The number of carbonyl (C=O) groups is 1. The lowest BCUT2D eigenvalue weighted by atomic mass is 10.0. The zero-order valence-electron chi connectivity index (χ0n) is 16.0. The fraction of sp³-hybridized carbons (Fsp3) is 0.350. The zero-order chi connectivity index (χ0) is 20.1. The van der Waals surface area contributed by atoms with Gasteiger partial charge in [-0.15, -0.1) is 11.8 Å². The molecule has 1 amide bonds. The molecule has 0 saturated carbocycles. The molecule has 0 radical (unpaired) electrons. The molecule has 0 atom stereocenters. The average molecular weight is 421 g/mol. The third kappa shape index (κ3) is 4.68. The summed E-state index contributed by atoms with van der Waals surface area (Å²) in [7, 11) is -1.83. The van der Waals surface area contributed by atoms with Crippen molar-refractivity contribution in [3.63, 3.8) is 0 Å². The van der Waals surface area contributed by atoms with Crippen LogP contribution in [-0.4, -0.2) is 50.8 Å². The molecule has 8 heteroatoms. The van der Waals surface area contributed by atoms with E-state index in [1.54, 1.807) is 19.2 Å². The second-order valence-corrected chi connectivity index (χ2v) is 9.43. The topological polar surface area (TPSA) is 75.7 Å². The van der Waals surface area contributed by atoms with Crippen molar-refractivity contribution in [3.05, 3.63) is 59.2 Å². The first kappa shape index (κ1) is 20.7. The Morgan fingerprint density at radius 1 is 1.21 bits per heavy atom. The molecular formula is C20H24N2O4S2. The van der Waals surface area contributed by atoms with Gasteiger partial charge in [-0.25, -0.2) is 8.42 Å². The number of nitrogens with zero attached hydrogens (tertiary/aromatic N) is 1. The second kappa shape index (κ2) is 8.98. The maximum Gasteiger partial charge on any atom is 0.252 e. The lowest BCUT2D eigenvalue weighted by Gasteiger charge is -2.28. The summed E-state index contributed by atoms with van der Waals surface area (Å²) in [5.74, 6) is 0.408. The number of ether oxygens (including phenoxy) is 1. The van der Waals surface area contributed by atoms with Crippen molar-refractivity contribution in [3.8, 4) is 5.75 Å². The SMILES string of the molecule is COc1ccc2c(c1)CCN(S(=O)(=O)CCNC(=O)c1ccccc1SC)C2. The lowest BCUT2D eigenvalue weighted by molar-refractivity contribution is 0.0953. The number of hydrogen-bond donors (Lipinski definition) is 1. The van der Waals surface area contributed by atoms with E-state index in [9.17, 15) is 13.2 Å². The van der Waals surface area contributed by atoms with Gasteiger partial charge in [-0.2, -0.15) is 4.31 Å². The van der Waals surface area contributed by atoms with Gasteiger partial charge < -0.3 is 10.1 Å². The van der Waals surface area contributed by atoms with Crippen LogP contribution in [0.2, 0.25) is 0 Å². The number of hydrogen-bond acceptors (Lipinski definition) is 5. The van der Waals surface area contributed by atoms with Gasteiger partial charge in [0.2, 0.25) is 10.0 Å². The normalized spacial score (nSPS) is 14.4. The molecule has 28 heavy (non-hydrogen) atoms. The minimum Gasteiger partial charge on any atom is -0.497 e. The predicted octanol–water partition coefficient (Wildman–Crippen LogP) is 2.54. The first-order valence-corrected chi connectivity index (χ1v) is 11.8. The maximum absolute atomic E-state index is 12.7. The van der Waals surface area contributed by atoms with Gasteiger partial charge in [0.1, 0.15) is 5.75 Å². The lowest BCUT2D eigenvalue weighted by Crippen LogP contribution is -2.40. The predicted molar refractivity (Wildman–Crippen MR) is 111 cm³/mol. The number of amides is 1. The molecule has 150 valence electrons. The molecule has 0 bridgehead atoms. The van der Waals surface area contributed by atoms with Crippen LogP contribution in [0, 0.1) is 0 Å². The van der Waals surface area contributed by atoms with E-state index in [4.69, 9.17) is 4.74 Å². The quantitative estimate of drug-likeness (QED) is 0.697. The number of sulfonamides is 1. The van der Waals surface area contributed by atoms with Crippen molar-refractivity contribution >= 4 is 27.7 Å². The van der Waals surface area contributed by atoms with Crippen LogP contribution in [0.25, 0.3) is 0 Å². The van der Waals surface area contributed by atoms with Gasteiger partial charge in [-0.3, -0.25) is 4.79 Å². The van der Waals surface area contributed by atoms with Crippen molar-refractivity contribution in [1.82, 2.24) is 9.62 Å². The summed E-state index contributed by atoms with van der Waals surface area (Å²) in [4.78, 5) is 13.2. The Bertz CT molecular complexity index is 960. The summed E-state index contributed by atoms with van der Waals surface area (Å²) in [6, 6.07) is 13.0. The molecule has 1 aliphatic heterocycles. The molecule has 3 rings (SSSR count). The molecule has 2 aromatic rings. The van der Waals surface area contributed by atoms with E-state index in [0.717, 1.165) is 21.8 Å². The van der Waals surface area contributed by atoms with E-state index in [1.807, 2.05) is 36.6 Å². The number of nitrogens with one attached hydrogen (secondary N) is 1. The highest BCUT2D eigenvalue weighted by Crippen LogP contribution is 2.25. The second-order valence-electron chi connectivity index (χ2n) is 6.49. The third-order valence-electron chi connectivity index (χ3n) is 4.78. The largest absolute Gasteiger partial charge is 0.497 e.